The Morgan fingerprint density at radius 1 is 1.24 bits per heavy atom. The van der Waals surface area contributed by atoms with Crippen LogP contribution in [0.3, 0.4) is 0 Å². The van der Waals surface area contributed by atoms with Crippen LogP contribution in [-0.4, -0.2) is 28.8 Å². The fraction of sp³-hybridized carbons (Fsp3) is 0.263. The first-order chi connectivity index (χ1) is 11.9. The van der Waals surface area contributed by atoms with E-state index in [2.05, 4.69) is 15.3 Å². The lowest BCUT2D eigenvalue weighted by atomic mass is 9.85. The molecule has 3 rings (SSSR count). The number of nitrogens with one attached hydrogen (secondary N) is 2. The number of amidine groups is 1. The summed E-state index contributed by atoms with van der Waals surface area (Å²) in [7, 11) is 1.75. The van der Waals surface area contributed by atoms with Gasteiger partial charge < -0.3 is 5.32 Å². The molecule has 0 radical (unpaired) electrons. The minimum Gasteiger partial charge on any atom is -0.394 e. The maximum atomic E-state index is 12.9. The molecule has 0 saturated heterocycles. The minimum absolute atomic E-state index is 0.106. The van der Waals surface area contributed by atoms with Crippen LogP contribution >= 0.6 is 0 Å². The van der Waals surface area contributed by atoms with Crippen molar-refractivity contribution >= 4 is 17.4 Å². The number of aryl methyl sites for hydroxylation is 1. The number of aromatic nitrogens is 2. The fourth-order valence-corrected chi connectivity index (χ4v) is 2.95. The van der Waals surface area contributed by atoms with Gasteiger partial charge in [-0.05, 0) is 50.2 Å². The van der Waals surface area contributed by atoms with Crippen molar-refractivity contribution in [2.75, 3.05) is 11.9 Å². The lowest BCUT2D eigenvalue weighted by molar-refractivity contribution is -0.121. The molecule has 0 spiro atoms. The molecule has 2 heterocycles. The quantitative estimate of drug-likeness (QED) is 0.667. The number of rotatable bonds is 3. The molecule has 128 valence electrons. The van der Waals surface area contributed by atoms with E-state index < -0.39 is 5.41 Å². The van der Waals surface area contributed by atoms with Crippen LogP contribution in [0.4, 0.5) is 5.69 Å². The van der Waals surface area contributed by atoms with Gasteiger partial charge in [0.25, 0.3) is 0 Å². The van der Waals surface area contributed by atoms with Crippen LogP contribution in [-0.2, 0) is 10.2 Å². The highest BCUT2D eigenvalue weighted by molar-refractivity contribution is 6.26. The van der Waals surface area contributed by atoms with Gasteiger partial charge in [-0.1, -0.05) is 12.1 Å². The monoisotopic (exact) mass is 335 g/mol. The van der Waals surface area contributed by atoms with Crippen molar-refractivity contribution in [1.29, 1.82) is 5.41 Å². The van der Waals surface area contributed by atoms with Gasteiger partial charge in [0.15, 0.2) is 0 Å². The summed E-state index contributed by atoms with van der Waals surface area (Å²) >= 11 is 0. The van der Waals surface area contributed by atoms with Crippen molar-refractivity contribution in [1.82, 2.24) is 15.3 Å². The molecule has 6 heteroatoms. The zero-order valence-electron chi connectivity index (χ0n) is 14.8. The van der Waals surface area contributed by atoms with Gasteiger partial charge in [0.2, 0.25) is 5.91 Å². The number of carbonyl (C=O) groups is 1. The number of amides is 1. The molecule has 1 aromatic heterocycles. The Kier molecular flexibility index (Phi) is 4.12. The predicted molar refractivity (Wildman–Crippen MR) is 98.6 cm³/mol. The first kappa shape index (κ1) is 16.8. The second-order valence-electron chi connectivity index (χ2n) is 6.52. The number of hydrogen-bond donors (Lipinski definition) is 2. The fourth-order valence-electron chi connectivity index (χ4n) is 2.95. The number of benzene rings is 1. The van der Waals surface area contributed by atoms with Crippen molar-refractivity contribution in [3.63, 3.8) is 0 Å². The molecule has 2 aromatic rings. The normalized spacial score (nSPS) is 15.5. The van der Waals surface area contributed by atoms with Gasteiger partial charge in [-0.3, -0.25) is 15.1 Å². The van der Waals surface area contributed by atoms with Gasteiger partial charge in [0.05, 0.1) is 11.1 Å². The third-order valence-electron chi connectivity index (χ3n) is 4.41. The number of carbonyl (C=O) groups excluding carboxylic acids is 1. The first-order valence-electron chi connectivity index (χ1n) is 8.06. The topological polar surface area (TPSA) is 82.0 Å². The second kappa shape index (κ2) is 6.12. The molecule has 0 unspecified atom stereocenters. The third-order valence-corrected chi connectivity index (χ3v) is 4.41. The SMILES string of the molecule is CN/C=C\C(=N)N1C(=O)C(C)(C)c2ccc(-c3cnc(C)nc3)cc21. The zero-order chi connectivity index (χ0) is 18.2. The second-order valence-corrected chi connectivity index (χ2v) is 6.52. The minimum atomic E-state index is -0.669. The number of anilines is 1. The van der Waals surface area contributed by atoms with Crippen LogP contribution in [0.5, 0.6) is 0 Å². The van der Waals surface area contributed by atoms with Crippen LogP contribution in [0, 0.1) is 12.3 Å². The smallest absolute Gasteiger partial charge is 0.242 e. The Morgan fingerprint density at radius 3 is 2.56 bits per heavy atom. The summed E-state index contributed by atoms with van der Waals surface area (Å²) in [6.07, 6.45) is 6.74. The van der Waals surface area contributed by atoms with E-state index in [9.17, 15) is 4.79 Å². The summed E-state index contributed by atoms with van der Waals surface area (Å²) in [4.78, 5) is 22.8. The summed E-state index contributed by atoms with van der Waals surface area (Å²) < 4.78 is 0. The lowest BCUT2D eigenvalue weighted by Gasteiger charge is -2.19. The van der Waals surface area contributed by atoms with Crippen molar-refractivity contribution in [3.05, 3.63) is 54.3 Å². The third kappa shape index (κ3) is 2.80. The Bertz CT molecular complexity index is 868. The van der Waals surface area contributed by atoms with E-state index in [1.165, 1.54) is 4.90 Å². The van der Waals surface area contributed by atoms with Gasteiger partial charge in [-0.25, -0.2) is 9.97 Å². The van der Waals surface area contributed by atoms with E-state index in [0.29, 0.717) is 5.82 Å². The molecule has 6 nitrogen and oxygen atoms in total. The van der Waals surface area contributed by atoms with E-state index in [1.807, 2.05) is 39.0 Å². The largest absolute Gasteiger partial charge is 0.394 e. The van der Waals surface area contributed by atoms with Crippen LogP contribution in [0.2, 0.25) is 0 Å². The van der Waals surface area contributed by atoms with Crippen LogP contribution in [0.1, 0.15) is 25.2 Å². The Balaban J connectivity index is 2.11. The van der Waals surface area contributed by atoms with Crippen molar-refractivity contribution in [2.24, 2.45) is 0 Å². The van der Waals surface area contributed by atoms with Crippen molar-refractivity contribution in [3.8, 4) is 11.1 Å². The molecule has 0 aliphatic carbocycles. The molecule has 1 amide bonds. The van der Waals surface area contributed by atoms with Gasteiger partial charge in [-0.2, -0.15) is 0 Å². The van der Waals surface area contributed by atoms with Gasteiger partial charge in [0.1, 0.15) is 11.7 Å². The van der Waals surface area contributed by atoms with Gasteiger partial charge in [-0.15, -0.1) is 0 Å². The number of hydrogen-bond acceptors (Lipinski definition) is 5. The maximum absolute atomic E-state index is 12.9. The van der Waals surface area contributed by atoms with Gasteiger partial charge in [0, 0.05) is 25.0 Å². The molecular formula is C19H21N5O. The summed E-state index contributed by atoms with van der Waals surface area (Å²) in [5, 5.41) is 11.1. The van der Waals surface area contributed by atoms with Crippen molar-refractivity contribution in [2.45, 2.75) is 26.2 Å². The lowest BCUT2D eigenvalue weighted by Crippen LogP contribution is -2.39. The summed E-state index contributed by atoms with van der Waals surface area (Å²) in [5.74, 6) is 0.732. The van der Waals surface area contributed by atoms with Crippen LogP contribution in [0.15, 0.2) is 42.9 Å². The van der Waals surface area contributed by atoms with E-state index in [1.54, 1.807) is 31.7 Å². The Hall–Kier alpha value is -3.02. The number of fused-ring (bicyclic) bond motifs is 1. The molecular weight excluding hydrogens is 314 g/mol. The molecule has 0 atom stereocenters. The molecule has 0 saturated carbocycles. The average molecular weight is 335 g/mol. The standard InChI is InChI=1S/C19H21N5O/c1-12-22-10-14(11-23-12)13-5-6-15-16(9-13)24(17(20)7-8-21-4)18(25)19(15,2)3/h5-11,20-21H,1-4H3/b8-7-,20-17?. The number of nitrogens with zero attached hydrogens (tertiary/aromatic N) is 3. The zero-order valence-corrected chi connectivity index (χ0v) is 14.8. The predicted octanol–water partition coefficient (Wildman–Crippen LogP) is 2.79. The first-order valence-corrected chi connectivity index (χ1v) is 8.06. The van der Waals surface area contributed by atoms with Crippen molar-refractivity contribution < 1.29 is 4.79 Å². The summed E-state index contributed by atoms with van der Waals surface area (Å²) in [5.41, 5.74) is 2.77. The Morgan fingerprint density at radius 2 is 1.92 bits per heavy atom. The highest BCUT2D eigenvalue weighted by Gasteiger charge is 2.45. The Labute approximate surface area is 147 Å². The van der Waals surface area contributed by atoms with Gasteiger partial charge >= 0.3 is 0 Å². The molecule has 1 aliphatic heterocycles. The van der Waals surface area contributed by atoms with E-state index in [-0.39, 0.29) is 11.7 Å². The van der Waals surface area contributed by atoms with E-state index in [0.717, 1.165) is 22.4 Å². The molecule has 25 heavy (non-hydrogen) atoms. The highest BCUT2D eigenvalue weighted by atomic mass is 16.2. The van der Waals surface area contributed by atoms with E-state index >= 15 is 0 Å². The van der Waals surface area contributed by atoms with E-state index in [4.69, 9.17) is 5.41 Å². The average Bonchev–Trinajstić information content (AvgIpc) is 2.79. The molecule has 1 aromatic carbocycles. The molecule has 0 fully saturated rings. The summed E-state index contributed by atoms with van der Waals surface area (Å²) in [6.45, 7) is 5.61. The summed E-state index contributed by atoms with van der Waals surface area (Å²) in [6, 6.07) is 5.85. The van der Waals surface area contributed by atoms with Crippen LogP contribution in [0.25, 0.3) is 11.1 Å². The maximum Gasteiger partial charge on any atom is 0.242 e. The molecule has 0 bridgehead atoms. The molecule has 1 aliphatic rings. The van der Waals surface area contributed by atoms with Crippen LogP contribution < -0.4 is 10.2 Å². The molecule has 2 N–H and O–H groups in total. The highest BCUT2D eigenvalue weighted by Crippen LogP contribution is 2.43.